The van der Waals surface area contributed by atoms with Crippen molar-refractivity contribution in [3.8, 4) is 0 Å². The average Bonchev–Trinajstić information content (AvgIpc) is 2.28. The number of methoxy groups -OCH3 is 1. The summed E-state index contributed by atoms with van der Waals surface area (Å²) in [6.07, 6.45) is -0.173. The van der Waals surface area contributed by atoms with E-state index in [-0.39, 0.29) is 23.8 Å². The van der Waals surface area contributed by atoms with Gasteiger partial charge in [-0.25, -0.2) is 9.18 Å². The van der Waals surface area contributed by atoms with Gasteiger partial charge in [-0.15, -0.1) is 0 Å². The van der Waals surface area contributed by atoms with Gasteiger partial charge in [0, 0.05) is 12.7 Å². The van der Waals surface area contributed by atoms with Crippen molar-refractivity contribution >= 4 is 5.97 Å². The van der Waals surface area contributed by atoms with Crippen LogP contribution >= 0.6 is 0 Å². The van der Waals surface area contributed by atoms with Crippen LogP contribution in [0.2, 0.25) is 0 Å². The molecule has 0 aliphatic rings. The van der Waals surface area contributed by atoms with Crippen LogP contribution in [0.4, 0.5) is 4.39 Å². The number of halogens is 1. The molecule has 0 fully saturated rings. The molecule has 94 valence electrons. The van der Waals surface area contributed by atoms with Crippen LogP contribution in [0.5, 0.6) is 0 Å². The van der Waals surface area contributed by atoms with Crippen LogP contribution in [0.3, 0.4) is 0 Å². The highest BCUT2D eigenvalue weighted by atomic mass is 19.1. The van der Waals surface area contributed by atoms with Gasteiger partial charge in [-0.1, -0.05) is 0 Å². The highest BCUT2D eigenvalue weighted by Crippen LogP contribution is 2.13. The van der Waals surface area contributed by atoms with Gasteiger partial charge in [0.25, 0.3) is 0 Å². The average molecular weight is 242 g/mol. The molecule has 1 aromatic rings. The molecule has 0 radical (unpaired) electrons. The van der Waals surface area contributed by atoms with Gasteiger partial charge in [0.15, 0.2) is 0 Å². The fourth-order valence-corrected chi connectivity index (χ4v) is 1.33. The van der Waals surface area contributed by atoms with Gasteiger partial charge in [-0.3, -0.25) is 0 Å². The van der Waals surface area contributed by atoms with Gasteiger partial charge in [0.05, 0.1) is 24.9 Å². The Bertz CT molecular complexity index is 392. The Balaban J connectivity index is 2.69. The van der Waals surface area contributed by atoms with Crippen molar-refractivity contribution in [2.24, 2.45) is 0 Å². The molecule has 5 heteroatoms. The first-order valence-corrected chi connectivity index (χ1v) is 5.17. The van der Waals surface area contributed by atoms with Crippen molar-refractivity contribution in [2.75, 3.05) is 13.7 Å². The molecule has 17 heavy (non-hydrogen) atoms. The molecule has 1 rings (SSSR count). The van der Waals surface area contributed by atoms with E-state index in [9.17, 15) is 9.18 Å². The summed E-state index contributed by atoms with van der Waals surface area (Å²) in [5.41, 5.74) is 0.275. The fourth-order valence-electron chi connectivity index (χ4n) is 1.33. The summed E-state index contributed by atoms with van der Waals surface area (Å²) >= 11 is 0. The Hall–Kier alpha value is -1.46. The van der Waals surface area contributed by atoms with E-state index in [1.54, 1.807) is 14.0 Å². The standard InChI is InChI=1S/C12H15FO4/c1-8(6-16-2)17-7-10-5-9(12(14)15)3-4-11(10)13/h3-5,8H,6-7H2,1-2H3,(H,14,15). The van der Waals surface area contributed by atoms with E-state index in [1.807, 2.05) is 0 Å². The second kappa shape index (κ2) is 6.32. The molecule has 1 atom stereocenters. The second-order valence-electron chi connectivity index (χ2n) is 3.69. The van der Waals surface area contributed by atoms with Crippen LogP contribution in [0.15, 0.2) is 18.2 Å². The van der Waals surface area contributed by atoms with Crippen LogP contribution in [-0.4, -0.2) is 30.9 Å². The van der Waals surface area contributed by atoms with Crippen LogP contribution in [0.1, 0.15) is 22.8 Å². The lowest BCUT2D eigenvalue weighted by Gasteiger charge is -2.12. The molecule has 0 bridgehead atoms. The number of ether oxygens (including phenoxy) is 2. The van der Waals surface area contributed by atoms with Gasteiger partial charge < -0.3 is 14.6 Å². The van der Waals surface area contributed by atoms with E-state index in [0.29, 0.717) is 6.61 Å². The molecular formula is C12H15FO4. The lowest BCUT2D eigenvalue weighted by molar-refractivity contribution is -0.00112. The molecule has 1 aromatic carbocycles. The molecule has 0 spiro atoms. The largest absolute Gasteiger partial charge is 0.478 e. The zero-order valence-corrected chi connectivity index (χ0v) is 9.77. The summed E-state index contributed by atoms with van der Waals surface area (Å²) in [4.78, 5) is 10.7. The van der Waals surface area contributed by atoms with Crippen molar-refractivity contribution in [2.45, 2.75) is 19.6 Å². The topological polar surface area (TPSA) is 55.8 Å². The van der Waals surface area contributed by atoms with E-state index in [1.165, 1.54) is 12.1 Å². The molecule has 0 saturated heterocycles. The predicted octanol–water partition coefficient (Wildman–Crippen LogP) is 2.08. The Morgan fingerprint density at radius 3 is 2.82 bits per heavy atom. The van der Waals surface area contributed by atoms with Crippen molar-refractivity contribution in [1.82, 2.24) is 0 Å². The monoisotopic (exact) mass is 242 g/mol. The lowest BCUT2D eigenvalue weighted by atomic mass is 10.1. The van der Waals surface area contributed by atoms with Crippen molar-refractivity contribution < 1.29 is 23.8 Å². The highest BCUT2D eigenvalue weighted by molar-refractivity contribution is 5.87. The Kier molecular flexibility index (Phi) is 5.06. The number of aromatic carboxylic acids is 1. The third-order valence-corrected chi connectivity index (χ3v) is 2.22. The summed E-state index contributed by atoms with van der Waals surface area (Å²) in [5.74, 6) is -1.56. The van der Waals surface area contributed by atoms with Crippen LogP contribution in [-0.2, 0) is 16.1 Å². The molecule has 0 saturated carbocycles. The minimum atomic E-state index is -1.09. The van der Waals surface area contributed by atoms with E-state index < -0.39 is 11.8 Å². The van der Waals surface area contributed by atoms with E-state index in [4.69, 9.17) is 14.6 Å². The minimum absolute atomic E-state index is 0.0253. The zero-order valence-electron chi connectivity index (χ0n) is 9.77. The van der Waals surface area contributed by atoms with Gasteiger partial charge in [-0.2, -0.15) is 0 Å². The number of carboxylic acid groups (broad SMARTS) is 1. The van der Waals surface area contributed by atoms with Gasteiger partial charge >= 0.3 is 5.97 Å². The lowest BCUT2D eigenvalue weighted by Crippen LogP contribution is -2.15. The van der Waals surface area contributed by atoms with Crippen LogP contribution < -0.4 is 0 Å². The Labute approximate surface area is 99.0 Å². The Morgan fingerprint density at radius 1 is 1.53 bits per heavy atom. The van der Waals surface area contributed by atoms with E-state index >= 15 is 0 Å². The maximum Gasteiger partial charge on any atom is 0.335 e. The van der Waals surface area contributed by atoms with E-state index in [2.05, 4.69) is 0 Å². The first-order valence-electron chi connectivity index (χ1n) is 5.17. The number of hydrogen-bond donors (Lipinski definition) is 1. The summed E-state index contributed by atoms with van der Waals surface area (Å²) in [5, 5.41) is 8.78. The summed E-state index contributed by atoms with van der Waals surface area (Å²) < 4.78 is 23.6. The molecule has 1 N–H and O–H groups in total. The fraction of sp³-hybridized carbons (Fsp3) is 0.417. The normalized spacial score (nSPS) is 12.4. The number of hydrogen-bond acceptors (Lipinski definition) is 3. The van der Waals surface area contributed by atoms with Crippen LogP contribution in [0.25, 0.3) is 0 Å². The van der Waals surface area contributed by atoms with Crippen LogP contribution in [0, 0.1) is 5.82 Å². The number of carboxylic acids is 1. The number of carbonyl (C=O) groups is 1. The number of benzene rings is 1. The minimum Gasteiger partial charge on any atom is -0.478 e. The Morgan fingerprint density at radius 2 is 2.24 bits per heavy atom. The summed E-state index contributed by atoms with van der Waals surface area (Å²) in [7, 11) is 1.55. The van der Waals surface area contributed by atoms with Gasteiger partial charge in [-0.05, 0) is 25.1 Å². The molecule has 0 aliphatic carbocycles. The molecule has 0 aliphatic heterocycles. The van der Waals surface area contributed by atoms with Gasteiger partial charge in [0.1, 0.15) is 5.82 Å². The molecule has 1 unspecified atom stereocenters. The molecule has 0 aromatic heterocycles. The van der Waals surface area contributed by atoms with Crippen molar-refractivity contribution in [3.05, 3.63) is 35.1 Å². The SMILES string of the molecule is COCC(C)OCc1cc(C(=O)O)ccc1F. The zero-order chi connectivity index (χ0) is 12.8. The third kappa shape index (κ3) is 4.13. The van der Waals surface area contributed by atoms with Crippen molar-refractivity contribution in [3.63, 3.8) is 0 Å². The predicted molar refractivity (Wildman–Crippen MR) is 59.5 cm³/mol. The molecular weight excluding hydrogens is 227 g/mol. The molecule has 0 amide bonds. The van der Waals surface area contributed by atoms with Crippen molar-refractivity contribution in [1.29, 1.82) is 0 Å². The summed E-state index contributed by atoms with van der Waals surface area (Å²) in [6.45, 7) is 2.22. The smallest absolute Gasteiger partial charge is 0.335 e. The third-order valence-electron chi connectivity index (χ3n) is 2.22. The maximum atomic E-state index is 13.4. The van der Waals surface area contributed by atoms with Gasteiger partial charge in [0.2, 0.25) is 0 Å². The summed E-state index contributed by atoms with van der Waals surface area (Å²) in [6, 6.07) is 3.63. The number of rotatable bonds is 6. The first-order chi connectivity index (χ1) is 8.04. The molecule has 4 nitrogen and oxygen atoms in total. The quantitative estimate of drug-likeness (QED) is 0.829. The molecule has 0 heterocycles. The van der Waals surface area contributed by atoms with E-state index in [0.717, 1.165) is 6.07 Å². The highest BCUT2D eigenvalue weighted by Gasteiger charge is 2.10. The second-order valence-corrected chi connectivity index (χ2v) is 3.69. The maximum absolute atomic E-state index is 13.4. The first kappa shape index (κ1) is 13.6.